The fourth-order valence-electron chi connectivity index (χ4n) is 1.76. The van der Waals surface area contributed by atoms with E-state index in [4.69, 9.17) is 27.5 Å². The Balaban J connectivity index is 2.41. The third-order valence-electron chi connectivity index (χ3n) is 2.56. The number of methoxy groups -OCH3 is 1. The second-order valence-corrected chi connectivity index (χ2v) is 4.03. The molecule has 0 saturated heterocycles. The summed E-state index contributed by atoms with van der Waals surface area (Å²) < 4.78 is 5.27. The maximum Gasteiger partial charge on any atom is 0.209 e. The first kappa shape index (κ1) is 11.7. The highest BCUT2D eigenvalue weighted by Crippen LogP contribution is 2.29. The summed E-state index contributed by atoms with van der Waals surface area (Å²) >= 11 is 6.15. The predicted octanol–water partition coefficient (Wildman–Crippen LogP) is 1.65. The molecular weight excluding hydrogens is 240 g/mol. The Kier molecular flexibility index (Phi) is 3.19. The van der Waals surface area contributed by atoms with Crippen LogP contribution in [0.1, 0.15) is 12.0 Å². The number of guanidine groups is 1. The molecule has 0 fully saturated rings. The fourth-order valence-corrected chi connectivity index (χ4v) is 2.04. The quantitative estimate of drug-likeness (QED) is 0.621. The van der Waals surface area contributed by atoms with Crippen LogP contribution in [0, 0.1) is 5.41 Å². The second kappa shape index (κ2) is 4.63. The first-order valence-corrected chi connectivity index (χ1v) is 5.53. The molecule has 5 nitrogen and oxygen atoms in total. The highest BCUT2D eigenvalue weighted by molar-refractivity contribution is 6.34. The van der Waals surface area contributed by atoms with Gasteiger partial charge in [0.1, 0.15) is 5.75 Å². The number of nitrogens with two attached hydrogens (primary N) is 1. The van der Waals surface area contributed by atoms with E-state index in [1.54, 1.807) is 13.2 Å². The summed E-state index contributed by atoms with van der Waals surface area (Å²) in [6, 6.07) is 5.45. The molecule has 2 rings (SSSR count). The highest BCUT2D eigenvalue weighted by Gasteiger charge is 2.22. The van der Waals surface area contributed by atoms with E-state index in [2.05, 4.69) is 5.10 Å². The zero-order valence-corrected chi connectivity index (χ0v) is 10.2. The maximum atomic E-state index is 7.33. The first-order chi connectivity index (χ1) is 8.13. The van der Waals surface area contributed by atoms with E-state index in [1.165, 1.54) is 5.01 Å². The van der Waals surface area contributed by atoms with Gasteiger partial charge < -0.3 is 10.5 Å². The van der Waals surface area contributed by atoms with Crippen molar-refractivity contribution in [3.8, 4) is 5.75 Å². The molecule has 0 amide bonds. The molecule has 0 aliphatic carbocycles. The molecule has 1 aromatic rings. The monoisotopic (exact) mass is 252 g/mol. The van der Waals surface area contributed by atoms with Crippen LogP contribution >= 0.6 is 11.6 Å². The Bertz CT molecular complexity index is 486. The van der Waals surface area contributed by atoms with Crippen molar-refractivity contribution in [2.75, 3.05) is 13.7 Å². The first-order valence-electron chi connectivity index (χ1n) is 5.15. The van der Waals surface area contributed by atoms with E-state index in [9.17, 15) is 0 Å². The Morgan fingerprint density at radius 3 is 2.94 bits per heavy atom. The normalized spacial score (nSPS) is 14.7. The van der Waals surface area contributed by atoms with Crippen LogP contribution in [0.2, 0.25) is 5.02 Å². The molecule has 0 saturated carbocycles. The summed E-state index contributed by atoms with van der Waals surface area (Å²) in [5, 5.41) is 13.6. The van der Waals surface area contributed by atoms with E-state index in [0.717, 1.165) is 11.3 Å². The molecule has 1 aliphatic heterocycles. The summed E-state index contributed by atoms with van der Waals surface area (Å²) in [5.74, 6) is 0.618. The number of nitrogens with zero attached hydrogens (tertiary/aromatic N) is 2. The molecule has 0 unspecified atom stereocenters. The van der Waals surface area contributed by atoms with Gasteiger partial charge in [0.15, 0.2) is 0 Å². The highest BCUT2D eigenvalue weighted by atomic mass is 35.5. The van der Waals surface area contributed by atoms with Crippen LogP contribution in [0.15, 0.2) is 23.3 Å². The van der Waals surface area contributed by atoms with Gasteiger partial charge in [0.05, 0.1) is 30.0 Å². The van der Waals surface area contributed by atoms with Gasteiger partial charge in [0.25, 0.3) is 0 Å². The number of hydrazone groups is 1. The zero-order valence-electron chi connectivity index (χ0n) is 9.40. The van der Waals surface area contributed by atoms with Gasteiger partial charge in [-0.3, -0.25) is 5.41 Å². The summed E-state index contributed by atoms with van der Waals surface area (Å²) in [6.45, 7) is 0.596. The molecule has 0 spiro atoms. The molecule has 1 heterocycles. The van der Waals surface area contributed by atoms with Crippen LogP contribution in [-0.2, 0) is 0 Å². The summed E-state index contributed by atoms with van der Waals surface area (Å²) in [5.41, 5.74) is 6.96. The lowest BCUT2D eigenvalue weighted by Crippen LogP contribution is -2.29. The number of benzene rings is 1. The third-order valence-corrected chi connectivity index (χ3v) is 2.88. The minimum atomic E-state index is -0.0639. The molecular formula is C11H13ClN4O. The Hall–Kier alpha value is -1.75. The van der Waals surface area contributed by atoms with Gasteiger partial charge in [-0.15, -0.1) is 0 Å². The zero-order chi connectivity index (χ0) is 12.4. The number of rotatable bonds is 2. The average molecular weight is 253 g/mol. The van der Waals surface area contributed by atoms with Gasteiger partial charge in [-0.25, -0.2) is 5.01 Å². The Morgan fingerprint density at radius 1 is 1.59 bits per heavy atom. The molecule has 3 N–H and O–H groups in total. The molecule has 1 aromatic carbocycles. The standard InChI is InChI=1S/C11H13ClN4O/c1-17-9-4-2-3-7(12)10(9)8-5-6-16(15-8)11(13)14/h2-4H,5-6H2,1H3,(H3,13,14). The molecule has 90 valence electrons. The lowest BCUT2D eigenvalue weighted by atomic mass is 10.1. The molecule has 1 aliphatic rings. The van der Waals surface area contributed by atoms with E-state index < -0.39 is 0 Å². The van der Waals surface area contributed by atoms with Crippen molar-refractivity contribution in [1.29, 1.82) is 5.41 Å². The molecule has 0 atom stereocenters. The van der Waals surface area contributed by atoms with Gasteiger partial charge in [0, 0.05) is 6.42 Å². The minimum Gasteiger partial charge on any atom is -0.496 e. The number of ether oxygens (including phenoxy) is 1. The van der Waals surface area contributed by atoms with Crippen molar-refractivity contribution < 1.29 is 4.74 Å². The van der Waals surface area contributed by atoms with Crippen LogP contribution in [-0.4, -0.2) is 30.3 Å². The van der Waals surface area contributed by atoms with Crippen LogP contribution in [0.25, 0.3) is 0 Å². The third kappa shape index (κ3) is 2.19. The summed E-state index contributed by atoms with van der Waals surface area (Å²) in [4.78, 5) is 0. The smallest absolute Gasteiger partial charge is 0.209 e. The van der Waals surface area contributed by atoms with Crippen molar-refractivity contribution in [2.24, 2.45) is 10.8 Å². The summed E-state index contributed by atoms with van der Waals surface area (Å²) in [6.07, 6.45) is 0.694. The van der Waals surface area contributed by atoms with E-state index in [1.807, 2.05) is 12.1 Å². The van der Waals surface area contributed by atoms with Crippen LogP contribution in [0.5, 0.6) is 5.75 Å². The number of hydrogen-bond donors (Lipinski definition) is 2. The topological polar surface area (TPSA) is 74.7 Å². The lowest BCUT2D eigenvalue weighted by Gasteiger charge is -2.10. The van der Waals surface area contributed by atoms with Gasteiger partial charge >= 0.3 is 0 Å². The molecule has 0 bridgehead atoms. The Labute approximate surface area is 104 Å². The van der Waals surface area contributed by atoms with E-state index in [-0.39, 0.29) is 5.96 Å². The van der Waals surface area contributed by atoms with Crippen LogP contribution < -0.4 is 10.5 Å². The molecule has 6 heteroatoms. The van der Waals surface area contributed by atoms with Gasteiger partial charge in [-0.2, -0.15) is 5.10 Å². The van der Waals surface area contributed by atoms with Gasteiger partial charge in [0.2, 0.25) is 5.96 Å². The average Bonchev–Trinajstić information content (AvgIpc) is 2.77. The van der Waals surface area contributed by atoms with Gasteiger partial charge in [-0.1, -0.05) is 17.7 Å². The second-order valence-electron chi connectivity index (χ2n) is 3.62. The number of nitrogens with one attached hydrogen (secondary N) is 1. The van der Waals surface area contributed by atoms with Crippen molar-refractivity contribution in [3.05, 3.63) is 28.8 Å². The van der Waals surface area contributed by atoms with Crippen LogP contribution in [0.3, 0.4) is 0 Å². The lowest BCUT2D eigenvalue weighted by molar-refractivity contribution is 0.414. The minimum absolute atomic E-state index is 0.0639. The number of hydrogen-bond acceptors (Lipinski definition) is 3. The fraction of sp³-hybridized carbons (Fsp3) is 0.273. The van der Waals surface area contributed by atoms with Crippen LogP contribution in [0.4, 0.5) is 0 Å². The van der Waals surface area contributed by atoms with E-state index in [0.29, 0.717) is 23.7 Å². The van der Waals surface area contributed by atoms with Gasteiger partial charge in [-0.05, 0) is 12.1 Å². The Morgan fingerprint density at radius 2 is 2.35 bits per heavy atom. The van der Waals surface area contributed by atoms with Crippen molar-refractivity contribution in [2.45, 2.75) is 6.42 Å². The molecule has 0 radical (unpaired) electrons. The predicted molar refractivity (Wildman–Crippen MR) is 67.8 cm³/mol. The van der Waals surface area contributed by atoms with Crippen molar-refractivity contribution in [1.82, 2.24) is 5.01 Å². The molecule has 17 heavy (non-hydrogen) atoms. The number of halogens is 1. The maximum absolute atomic E-state index is 7.33. The summed E-state index contributed by atoms with van der Waals surface area (Å²) in [7, 11) is 1.59. The van der Waals surface area contributed by atoms with Crippen molar-refractivity contribution in [3.63, 3.8) is 0 Å². The SMILES string of the molecule is COc1cccc(Cl)c1C1=NN(C(=N)N)CC1. The molecule has 0 aromatic heterocycles. The van der Waals surface area contributed by atoms with E-state index >= 15 is 0 Å². The largest absolute Gasteiger partial charge is 0.496 e. The van der Waals surface area contributed by atoms with Crippen molar-refractivity contribution >= 4 is 23.3 Å².